The summed E-state index contributed by atoms with van der Waals surface area (Å²) in [5, 5.41) is 0. The quantitative estimate of drug-likeness (QED) is 0.695. The second-order valence-corrected chi connectivity index (χ2v) is 6.77. The Morgan fingerprint density at radius 3 is 2.16 bits per heavy atom. The lowest BCUT2D eigenvalue weighted by Gasteiger charge is -2.09. The maximum absolute atomic E-state index is 12.2. The van der Waals surface area contributed by atoms with Gasteiger partial charge in [-0.25, -0.2) is 8.42 Å². The van der Waals surface area contributed by atoms with Gasteiger partial charge in [0.25, 0.3) is 10.0 Å². The fourth-order valence-electron chi connectivity index (χ4n) is 2.04. The summed E-state index contributed by atoms with van der Waals surface area (Å²) in [6.07, 6.45) is 0.0375. The fourth-order valence-corrected chi connectivity index (χ4v) is 2.90. The van der Waals surface area contributed by atoms with Gasteiger partial charge < -0.3 is 9.47 Å². The SMILES string of the molecule is CCOc1ccc(S(=O)(=O)NNC(=O)Cc2ccc(OC)cc2)cc1. The van der Waals surface area contributed by atoms with Gasteiger partial charge in [-0.2, -0.15) is 0 Å². The smallest absolute Gasteiger partial charge is 0.257 e. The minimum atomic E-state index is -3.85. The van der Waals surface area contributed by atoms with Crippen molar-refractivity contribution in [1.29, 1.82) is 0 Å². The van der Waals surface area contributed by atoms with Crippen molar-refractivity contribution in [3.8, 4) is 11.5 Å². The molecule has 0 radical (unpaired) electrons. The minimum absolute atomic E-state index is 0.0284. The molecule has 1 amide bonds. The molecular weight excluding hydrogens is 344 g/mol. The number of hydrogen-bond donors (Lipinski definition) is 2. The zero-order chi connectivity index (χ0) is 18.3. The Bertz CT molecular complexity index is 802. The van der Waals surface area contributed by atoms with Crippen molar-refractivity contribution in [2.24, 2.45) is 0 Å². The van der Waals surface area contributed by atoms with E-state index >= 15 is 0 Å². The average molecular weight is 364 g/mol. The zero-order valence-corrected chi connectivity index (χ0v) is 14.8. The van der Waals surface area contributed by atoms with Gasteiger partial charge in [-0.15, -0.1) is 4.83 Å². The van der Waals surface area contributed by atoms with Crippen molar-refractivity contribution >= 4 is 15.9 Å². The lowest BCUT2D eigenvalue weighted by atomic mass is 10.1. The van der Waals surface area contributed by atoms with Gasteiger partial charge in [-0.1, -0.05) is 12.1 Å². The van der Waals surface area contributed by atoms with E-state index in [1.807, 2.05) is 6.92 Å². The zero-order valence-electron chi connectivity index (χ0n) is 14.0. The molecule has 7 nitrogen and oxygen atoms in total. The van der Waals surface area contributed by atoms with Crippen molar-refractivity contribution in [3.05, 3.63) is 54.1 Å². The summed E-state index contributed by atoms with van der Waals surface area (Å²) < 4.78 is 34.6. The van der Waals surface area contributed by atoms with Gasteiger partial charge >= 0.3 is 0 Å². The second kappa shape index (κ2) is 8.50. The molecule has 0 spiro atoms. The van der Waals surface area contributed by atoms with Crippen molar-refractivity contribution in [2.45, 2.75) is 18.2 Å². The fraction of sp³-hybridized carbons (Fsp3) is 0.235. The van der Waals surface area contributed by atoms with Gasteiger partial charge in [0.2, 0.25) is 5.91 Å². The summed E-state index contributed by atoms with van der Waals surface area (Å²) in [6, 6.07) is 12.8. The third-order valence-corrected chi connectivity index (χ3v) is 4.56. The Balaban J connectivity index is 1.92. The topological polar surface area (TPSA) is 93.7 Å². The Hall–Kier alpha value is -2.58. The van der Waals surface area contributed by atoms with E-state index in [9.17, 15) is 13.2 Å². The largest absolute Gasteiger partial charge is 0.497 e. The first-order valence-corrected chi connectivity index (χ1v) is 9.09. The monoisotopic (exact) mass is 364 g/mol. The molecule has 25 heavy (non-hydrogen) atoms. The first-order valence-electron chi connectivity index (χ1n) is 7.61. The molecule has 2 aromatic rings. The Morgan fingerprint density at radius 2 is 1.60 bits per heavy atom. The van der Waals surface area contributed by atoms with E-state index in [0.29, 0.717) is 18.1 Å². The number of hydrazine groups is 1. The molecule has 8 heteroatoms. The standard InChI is InChI=1S/C17H20N2O5S/c1-3-24-15-8-10-16(11-9-15)25(21,22)19-18-17(20)12-13-4-6-14(23-2)7-5-13/h4-11,19H,3,12H2,1-2H3,(H,18,20). The van der Waals surface area contributed by atoms with Crippen molar-refractivity contribution in [2.75, 3.05) is 13.7 Å². The molecule has 0 aromatic heterocycles. The first kappa shape index (κ1) is 18.8. The predicted octanol–water partition coefficient (Wildman–Crippen LogP) is 1.65. The molecule has 134 valence electrons. The summed E-state index contributed by atoms with van der Waals surface area (Å²) >= 11 is 0. The number of nitrogens with one attached hydrogen (secondary N) is 2. The predicted molar refractivity (Wildman–Crippen MR) is 92.8 cm³/mol. The molecule has 0 saturated carbocycles. The molecule has 2 rings (SSSR count). The highest BCUT2D eigenvalue weighted by atomic mass is 32.2. The van der Waals surface area contributed by atoms with Gasteiger partial charge in [0.1, 0.15) is 11.5 Å². The van der Waals surface area contributed by atoms with Crippen LogP contribution in [-0.4, -0.2) is 28.0 Å². The van der Waals surface area contributed by atoms with E-state index in [1.54, 1.807) is 43.5 Å². The summed E-state index contributed by atoms with van der Waals surface area (Å²) in [4.78, 5) is 14.0. The molecule has 0 heterocycles. The van der Waals surface area contributed by atoms with Crippen LogP contribution in [0.25, 0.3) is 0 Å². The lowest BCUT2D eigenvalue weighted by Crippen LogP contribution is -2.42. The van der Waals surface area contributed by atoms with Crippen LogP contribution in [0.2, 0.25) is 0 Å². The number of methoxy groups -OCH3 is 1. The third kappa shape index (κ3) is 5.47. The van der Waals surface area contributed by atoms with Gasteiger partial charge in [0.05, 0.1) is 25.0 Å². The summed E-state index contributed by atoms with van der Waals surface area (Å²) in [6.45, 7) is 2.33. The van der Waals surface area contributed by atoms with Crippen LogP contribution < -0.4 is 19.7 Å². The molecule has 0 aliphatic rings. The molecule has 0 fully saturated rings. The Labute approximate surface area is 147 Å². The highest BCUT2D eigenvalue weighted by Gasteiger charge is 2.15. The Morgan fingerprint density at radius 1 is 1.00 bits per heavy atom. The van der Waals surface area contributed by atoms with Gasteiger partial charge in [-0.3, -0.25) is 10.2 Å². The number of amides is 1. The van der Waals surface area contributed by atoms with E-state index in [2.05, 4.69) is 10.3 Å². The number of carbonyl (C=O) groups is 1. The third-order valence-electron chi connectivity index (χ3n) is 3.29. The number of rotatable bonds is 8. The molecular formula is C17H20N2O5S. The number of hydrogen-bond acceptors (Lipinski definition) is 5. The molecule has 0 saturated heterocycles. The van der Waals surface area contributed by atoms with Crippen LogP contribution in [0, 0.1) is 0 Å². The van der Waals surface area contributed by atoms with Crippen LogP contribution in [0.15, 0.2) is 53.4 Å². The van der Waals surface area contributed by atoms with Gasteiger partial charge in [0, 0.05) is 0 Å². The van der Waals surface area contributed by atoms with Crippen molar-refractivity contribution in [3.63, 3.8) is 0 Å². The molecule has 0 bridgehead atoms. The van der Waals surface area contributed by atoms with Crippen LogP contribution in [-0.2, 0) is 21.2 Å². The minimum Gasteiger partial charge on any atom is -0.497 e. The maximum atomic E-state index is 12.2. The molecule has 0 atom stereocenters. The maximum Gasteiger partial charge on any atom is 0.257 e. The summed E-state index contributed by atoms with van der Waals surface area (Å²) in [5.74, 6) is 0.782. The summed E-state index contributed by atoms with van der Waals surface area (Å²) in [7, 11) is -2.29. The Kier molecular flexibility index (Phi) is 6.37. The van der Waals surface area contributed by atoms with Crippen LogP contribution >= 0.6 is 0 Å². The van der Waals surface area contributed by atoms with Crippen LogP contribution in [0.3, 0.4) is 0 Å². The number of benzene rings is 2. The molecule has 0 aliphatic heterocycles. The van der Waals surface area contributed by atoms with E-state index < -0.39 is 15.9 Å². The lowest BCUT2D eigenvalue weighted by molar-refractivity contribution is -0.120. The van der Waals surface area contributed by atoms with E-state index in [1.165, 1.54) is 12.1 Å². The number of sulfonamides is 1. The molecule has 0 aliphatic carbocycles. The van der Waals surface area contributed by atoms with Crippen LogP contribution in [0.1, 0.15) is 12.5 Å². The van der Waals surface area contributed by atoms with Crippen molar-refractivity contribution < 1.29 is 22.7 Å². The van der Waals surface area contributed by atoms with Crippen LogP contribution in [0.5, 0.6) is 11.5 Å². The highest BCUT2D eigenvalue weighted by Crippen LogP contribution is 2.15. The second-order valence-electron chi connectivity index (χ2n) is 5.08. The van der Waals surface area contributed by atoms with Gasteiger partial charge in [-0.05, 0) is 48.9 Å². The highest BCUT2D eigenvalue weighted by molar-refractivity contribution is 7.89. The van der Waals surface area contributed by atoms with Crippen LogP contribution in [0.4, 0.5) is 0 Å². The summed E-state index contributed by atoms with van der Waals surface area (Å²) in [5.41, 5.74) is 2.93. The number of ether oxygens (including phenoxy) is 2. The first-order chi connectivity index (χ1) is 11.9. The van der Waals surface area contributed by atoms with Crippen molar-refractivity contribution in [1.82, 2.24) is 10.3 Å². The van der Waals surface area contributed by atoms with E-state index in [-0.39, 0.29) is 11.3 Å². The average Bonchev–Trinajstić information content (AvgIpc) is 2.61. The molecule has 2 aromatic carbocycles. The van der Waals surface area contributed by atoms with E-state index in [0.717, 1.165) is 5.56 Å². The normalized spacial score (nSPS) is 11.0. The molecule has 0 unspecified atom stereocenters. The number of carbonyl (C=O) groups excluding carboxylic acids is 1. The van der Waals surface area contributed by atoms with Gasteiger partial charge in [0.15, 0.2) is 0 Å². The molecule has 2 N–H and O–H groups in total. The van der Waals surface area contributed by atoms with E-state index in [4.69, 9.17) is 9.47 Å².